The molecule has 0 saturated heterocycles. The summed E-state index contributed by atoms with van der Waals surface area (Å²) in [6, 6.07) is 19.5. The predicted octanol–water partition coefficient (Wildman–Crippen LogP) is 3.56. The van der Waals surface area contributed by atoms with Crippen molar-refractivity contribution in [1.82, 2.24) is 9.97 Å². The molecule has 0 saturated carbocycles. The quantitative estimate of drug-likeness (QED) is 0.766. The first kappa shape index (κ1) is 13.6. The number of pyridine rings is 1. The van der Waals surface area contributed by atoms with Gasteiger partial charge in [-0.25, -0.2) is 0 Å². The highest BCUT2D eigenvalue weighted by Crippen LogP contribution is 2.08. The summed E-state index contributed by atoms with van der Waals surface area (Å²) >= 11 is 0. The van der Waals surface area contributed by atoms with Gasteiger partial charge in [0, 0.05) is 30.7 Å². The molecule has 0 unspecified atom stereocenters. The maximum atomic E-state index is 8.63. The van der Waals surface area contributed by atoms with Crippen LogP contribution >= 0.6 is 0 Å². The molecule has 3 aromatic rings. The molecular formula is C17H15N3. The Labute approximate surface area is 118 Å². The molecule has 0 amide bonds. The molecule has 0 spiro atoms. The van der Waals surface area contributed by atoms with Gasteiger partial charge in [-0.3, -0.25) is 4.98 Å². The maximum Gasteiger partial charge on any atom is 0.0991 e. The third-order valence-corrected chi connectivity index (χ3v) is 2.71. The molecule has 0 bridgehead atoms. The fourth-order valence-electron chi connectivity index (χ4n) is 1.71. The average molecular weight is 261 g/mol. The normalized spacial score (nSPS) is 9.15. The lowest BCUT2D eigenvalue weighted by Crippen LogP contribution is -1.87. The molecule has 0 aliphatic rings. The van der Waals surface area contributed by atoms with Gasteiger partial charge in [0.25, 0.3) is 0 Å². The number of benzene rings is 1. The summed E-state index contributed by atoms with van der Waals surface area (Å²) in [4.78, 5) is 6.93. The zero-order chi connectivity index (χ0) is 14.0. The molecular weight excluding hydrogens is 246 g/mol. The van der Waals surface area contributed by atoms with E-state index < -0.39 is 0 Å². The smallest absolute Gasteiger partial charge is 0.0991 e. The summed E-state index contributed by atoms with van der Waals surface area (Å²) in [5.41, 5.74) is 3.11. The van der Waals surface area contributed by atoms with Crippen molar-refractivity contribution in [3.8, 4) is 6.07 Å². The third-order valence-electron chi connectivity index (χ3n) is 2.71. The molecule has 2 aromatic heterocycles. The Bertz CT molecular complexity index is 608. The van der Waals surface area contributed by atoms with Crippen molar-refractivity contribution in [2.24, 2.45) is 0 Å². The van der Waals surface area contributed by atoms with Crippen LogP contribution in [-0.2, 0) is 6.42 Å². The molecule has 0 aliphatic carbocycles. The van der Waals surface area contributed by atoms with Crippen molar-refractivity contribution in [3.63, 3.8) is 0 Å². The third kappa shape index (κ3) is 4.43. The van der Waals surface area contributed by atoms with E-state index in [1.54, 1.807) is 12.4 Å². The van der Waals surface area contributed by atoms with E-state index in [0.717, 1.165) is 6.42 Å². The van der Waals surface area contributed by atoms with E-state index in [1.165, 1.54) is 11.3 Å². The first-order valence-corrected chi connectivity index (χ1v) is 6.35. The number of aromatic nitrogens is 2. The lowest BCUT2D eigenvalue weighted by atomic mass is 10.1. The molecule has 2 heterocycles. The van der Waals surface area contributed by atoms with E-state index in [2.05, 4.69) is 22.1 Å². The molecule has 3 heteroatoms. The molecule has 20 heavy (non-hydrogen) atoms. The summed E-state index contributed by atoms with van der Waals surface area (Å²) < 4.78 is 0. The van der Waals surface area contributed by atoms with Gasteiger partial charge in [0.15, 0.2) is 0 Å². The molecule has 1 aromatic carbocycles. The standard InChI is InChI=1S/C12H10N2.C5H5N/c13-9-11-5-3-10(4-6-11)8-12-2-1-7-14-12;1-2-4-6-5-3-1/h1-7,14H,8H2;1-5H. The number of nitrogens with zero attached hydrogens (tertiary/aromatic N) is 2. The van der Waals surface area contributed by atoms with Gasteiger partial charge in [0.1, 0.15) is 0 Å². The minimum atomic E-state index is 0.709. The summed E-state index contributed by atoms with van der Waals surface area (Å²) in [5, 5.41) is 8.63. The Hall–Kier alpha value is -2.86. The Kier molecular flexibility index (Phi) is 5.12. The summed E-state index contributed by atoms with van der Waals surface area (Å²) in [5.74, 6) is 0. The van der Waals surface area contributed by atoms with Crippen LogP contribution in [0.1, 0.15) is 16.8 Å². The van der Waals surface area contributed by atoms with Crippen LogP contribution < -0.4 is 0 Å². The fourth-order valence-corrected chi connectivity index (χ4v) is 1.71. The van der Waals surface area contributed by atoms with Crippen LogP contribution in [0, 0.1) is 11.3 Å². The van der Waals surface area contributed by atoms with Gasteiger partial charge >= 0.3 is 0 Å². The van der Waals surface area contributed by atoms with Crippen LogP contribution in [0.3, 0.4) is 0 Å². The highest BCUT2D eigenvalue weighted by atomic mass is 14.7. The number of H-pyrrole nitrogens is 1. The van der Waals surface area contributed by atoms with Gasteiger partial charge in [0.05, 0.1) is 11.6 Å². The van der Waals surface area contributed by atoms with Crippen LogP contribution in [-0.4, -0.2) is 9.97 Å². The van der Waals surface area contributed by atoms with E-state index in [0.29, 0.717) is 5.56 Å². The van der Waals surface area contributed by atoms with Crippen LogP contribution in [0.25, 0.3) is 0 Å². The van der Waals surface area contributed by atoms with Crippen LogP contribution in [0.4, 0.5) is 0 Å². The Morgan fingerprint density at radius 2 is 1.70 bits per heavy atom. The molecule has 1 N–H and O–H groups in total. The van der Waals surface area contributed by atoms with Crippen molar-refractivity contribution in [2.75, 3.05) is 0 Å². The van der Waals surface area contributed by atoms with Gasteiger partial charge in [-0.1, -0.05) is 18.2 Å². The van der Waals surface area contributed by atoms with Gasteiger partial charge in [0.2, 0.25) is 0 Å². The van der Waals surface area contributed by atoms with Crippen LogP contribution in [0.5, 0.6) is 0 Å². The van der Waals surface area contributed by atoms with Crippen molar-refractivity contribution in [1.29, 1.82) is 5.26 Å². The van der Waals surface area contributed by atoms with Crippen LogP contribution in [0.2, 0.25) is 0 Å². The van der Waals surface area contributed by atoms with E-state index in [4.69, 9.17) is 5.26 Å². The van der Waals surface area contributed by atoms with E-state index in [-0.39, 0.29) is 0 Å². The first-order chi connectivity index (χ1) is 9.88. The number of nitriles is 1. The van der Waals surface area contributed by atoms with E-state index in [9.17, 15) is 0 Å². The molecule has 98 valence electrons. The topological polar surface area (TPSA) is 52.5 Å². The van der Waals surface area contributed by atoms with Crippen molar-refractivity contribution < 1.29 is 0 Å². The first-order valence-electron chi connectivity index (χ1n) is 6.35. The van der Waals surface area contributed by atoms with Crippen molar-refractivity contribution in [3.05, 3.63) is 90.0 Å². The van der Waals surface area contributed by atoms with Gasteiger partial charge in [-0.2, -0.15) is 5.26 Å². The Balaban J connectivity index is 0.000000205. The lowest BCUT2D eigenvalue weighted by molar-refractivity contribution is 1.11. The predicted molar refractivity (Wildman–Crippen MR) is 79.0 cm³/mol. The largest absolute Gasteiger partial charge is 0.365 e. The van der Waals surface area contributed by atoms with Crippen molar-refractivity contribution in [2.45, 2.75) is 6.42 Å². The fraction of sp³-hybridized carbons (Fsp3) is 0.0588. The second-order valence-electron chi connectivity index (χ2n) is 4.21. The molecule has 3 rings (SSSR count). The van der Waals surface area contributed by atoms with Gasteiger partial charge in [-0.05, 0) is 42.0 Å². The Morgan fingerprint density at radius 3 is 2.15 bits per heavy atom. The van der Waals surface area contributed by atoms with Crippen molar-refractivity contribution >= 4 is 0 Å². The minimum Gasteiger partial charge on any atom is -0.365 e. The van der Waals surface area contributed by atoms with Gasteiger partial charge < -0.3 is 4.98 Å². The molecule has 0 radical (unpaired) electrons. The average Bonchev–Trinajstić information content (AvgIpc) is 3.03. The SMILES string of the molecule is N#Cc1ccc(Cc2ccc[nH]2)cc1.c1ccncc1. The summed E-state index contributed by atoms with van der Waals surface area (Å²) in [6.45, 7) is 0. The molecule has 0 atom stereocenters. The van der Waals surface area contributed by atoms with E-state index in [1.807, 2.05) is 54.7 Å². The maximum absolute atomic E-state index is 8.63. The number of aromatic amines is 1. The zero-order valence-corrected chi connectivity index (χ0v) is 11.0. The zero-order valence-electron chi connectivity index (χ0n) is 11.0. The molecule has 0 fully saturated rings. The molecule has 3 nitrogen and oxygen atoms in total. The second kappa shape index (κ2) is 7.55. The highest BCUT2D eigenvalue weighted by Gasteiger charge is 1.96. The van der Waals surface area contributed by atoms with Crippen LogP contribution in [0.15, 0.2) is 73.2 Å². The monoisotopic (exact) mass is 261 g/mol. The minimum absolute atomic E-state index is 0.709. The number of nitrogens with one attached hydrogen (secondary N) is 1. The number of rotatable bonds is 2. The summed E-state index contributed by atoms with van der Waals surface area (Å²) in [7, 11) is 0. The van der Waals surface area contributed by atoms with E-state index >= 15 is 0 Å². The second-order valence-corrected chi connectivity index (χ2v) is 4.21. The number of hydrogen-bond donors (Lipinski definition) is 1. The number of hydrogen-bond acceptors (Lipinski definition) is 2. The lowest BCUT2D eigenvalue weighted by Gasteiger charge is -1.98. The highest BCUT2D eigenvalue weighted by molar-refractivity contribution is 5.33. The Morgan fingerprint density at radius 1 is 0.950 bits per heavy atom. The summed E-state index contributed by atoms with van der Waals surface area (Å²) in [6.07, 6.45) is 6.30. The molecule has 0 aliphatic heterocycles. The van der Waals surface area contributed by atoms with Gasteiger partial charge in [-0.15, -0.1) is 0 Å².